The lowest BCUT2D eigenvalue weighted by atomic mass is 9.95. The van der Waals surface area contributed by atoms with Gasteiger partial charge in [0.1, 0.15) is 0 Å². The smallest absolute Gasteiger partial charge is 0.225 e. The molecule has 2 heterocycles. The van der Waals surface area contributed by atoms with Gasteiger partial charge in [-0.25, -0.2) is 0 Å². The third-order valence-electron chi connectivity index (χ3n) is 5.19. The predicted octanol–water partition coefficient (Wildman–Crippen LogP) is 4.58. The molecule has 0 fully saturated rings. The standard InChI is InChI=1S/C20H28N2O/c1-4-6-7-15(5-2)20(23)22-11-10-19-17(13-22)16-12-14(3)8-9-18(16)21-19/h8-9,12,15,21H,4-7,10-11,13H2,1-3H3. The summed E-state index contributed by atoms with van der Waals surface area (Å²) in [6, 6.07) is 6.54. The van der Waals surface area contributed by atoms with E-state index in [2.05, 4.69) is 48.9 Å². The molecule has 0 spiro atoms. The molecule has 0 aliphatic carbocycles. The SMILES string of the molecule is CCCCC(CC)C(=O)N1CCc2[nH]c3ccc(C)cc3c2C1. The average molecular weight is 312 g/mol. The fraction of sp³-hybridized carbons (Fsp3) is 0.550. The molecule has 0 radical (unpaired) electrons. The number of nitrogens with one attached hydrogen (secondary N) is 1. The molecule has 3 rings (SSSR count). The van der Waals surface area contributed by atoms with Gasteiger partial charge in [-0.15, -0.1) is 0 Å². The molecule has 1 amide bonds. The average Bonchev–Trinajstić information content (AvgIpc) is 2.92. The summed E-state index contributed by atoms with van der Waals surface area (Å²) in [5, 5.41) is 1.29. The van der Waals surface area contributed by atoms with Crippen LogP contribution >= 0.6 is 0 Å². The second-order valence-electron chi connectivity index (χ2n) is 6.89. The molecule has 0 bridgehead atoms. The van der Waals surface area contributed by atoms with Crippen LogP contribution < -0.4 is 0 Å². The third kappa shape index (κ3) is 3.15. The van der Waals surface area contributed by atoms with Crippen LogP contribution in [-0.2, 0) is 17.8 Å². The predicted molar refractivity (Wildman–Crippen MR) is 95.5 cm³/mol. The number of H-pyrrole nitrogens is 1. The molecular formula is C20H28N2O. The highest BCUT2D eigenvalue weighted by Crippen LogP contribution is 2.29. The van der Waals surface area contributed by atoms with E-state index in [0.717, 1.165) is 45.2 Å². The number of aryl methyl sites for hydroxylation is 1. The number of aromatic nitrogens is 1. The molecule has 1 unspecified atom stereocenters. The van der Waals surface area contributed by atoms with Crippen LogP contribution in [0.15, 0.2) is 18.2 Å². The van der Waals surface area contributed by atoms with E-state index >= 15 is 0 Å². The minimum atomic E-state index is 0.198. The van der Waals surface area contributed by atoms with Crippen LogP contribution in [0.2, 0.25) is 0 Å². The first kappa shape index (κ1) is 16.1. The summed E-state index contributed by atoms with van der Waals surface area (Å²) in [4.78, 5) is 18.5. The Bertz CT molecular complexity index is 701. The van der Waals surface area contributed by atoms with Crippen molar-refractivity contribution in [2.45, 2.75) is 59.4 Å². The quantitative estimate of drug-likeness (QED) is 0.862. The van der Waals surface area contributed by atoms with Crippen LogP contribution in [0, 0.1) is 12.8 Å². The summed E-state index contributed by atoms with van der Waals surface area (Å²) < 4.78 is 0. The maximum Gasteiger partial charge on any atom is 0.225 e. The molecular weight excluding hydrogens is 284 g/mol. The normalized spacial score (nSPS) is 15.7. The molecule has 1 aliphatic rings. The molecule has 2 aromatic rings. The van der Waals surface area contributed by atoms with Crippen molar-refractivity contribution in [2.24, 2.45) is 5.92 Å². The minimum absolute atomic E-state index is 0.198. The van der Waals surface area contributed by atoms with Crippen molar-refractivity contribution in [3.05, 3.63) is 35.0 Å². The van der Waals surface area contributed by atoms with Crippen LogP contribution in [0.1, 0.15) is 56.4 Å². The van der Waals surface area contributed by atoms with Gasteiger partial charge >= 0.3 is 0 Å². The Labute approximate surface area is 139 Å². The molecule has 1 aromatic carbocycles. The number of benzene rings is 1. The largest absolute Gasteiger partial charge is 0.358 e. The number of aromatic amines is 1. The lowest BCUT2D eigenvalue weighted by Gasteiger charge is -2.30. The fourth-order valence-electron chi connectivity index (χ4n) is 3.73. The molecule has 1 N–H and O–H groups in total. The first-order valence-electron chi connectivity index (χ1n) is 9.02. The number of fused-ring (bicyclic) bond motifs is 3. The van der Waals surface area contributed by atoms with Crippen molar-refractivity contribution < 1.29 is 4.79 Å². The van der Waals surface area contributed by atoms with Gasteiger partial charge in [0.05, 0.1) is 0 Å². The van der Waals surface area contributed by atoms with Gasteiger partial charge in [0.15, 0.2) is 0 Å². The Morgan fingerprint density at radius 3 is 2.91 bits per heavy atom. The Kier molecular flexibility index (Phi) is 4.74. The number of hydrogen-bond donors (Lipinski definition) is 1. The van der Waals surface area contributed by atoms with Gasteiger partial charge in [-0.3, -0.25) is 4.79 Å². The van der Waals surface area contributed by atoms with Crippen molar-refractivity contribution in [1.29, 1.82) is 0 Å². The molecule has 1 aromatic heterocycles. The van der Waals surface area contributed by atoms with E-state index in [1.165, 1.54) is 27.7 Å². The number of rotatable bonds is 5. The monoisotopic (exact) mass is 312 g/mol. The first-order valence-corrected chi connectivity index (χ1v) is 9.02. The molecule has 0 saturated heterocycles. The number of unbranched alkanes of at least 4 members (excludes halogenated alkanes) is 1. The molecule has 0 saturated carbocycles. The maximum atomic E-state index is 12.9. The number of carbonyl (C=O) groups is 1. The van der Waals surface area contributed by atoms with Crippen molar-refractivity contribution in [3.63, 3.8) is 0 Å². The summed E-state index contributed by atoms with van der Waals surface area (Å²) in [7, 11) is 0. The van der Waals surface area contributed by atoms with Gasteiger partial charge in [-0.1, -0.05) is 38.3 Å². The van der Waals surface area contributed by atoms with Gasteiger partial charge in [-0.05, 0) is 31.9 Å². The van der Waals surface area contributed by atoms with Crippen molar-refractivity contribution in [2.75, 3.05) is 6.54 Å². The van der Waals surface area contributed by atoms with Gasteiger partial charge in [0.2, 0.25) is 5.91 Å². The van der Waals surface area contributed by atoms with Crippen LogP contribution in [0.3, 0.4) is 0 Å². The lowest BCUT2D eigenvalue weighted by Crippen LogP contribution is -2.39. The molecule has 3 heteroatoms. The second kappa shape index (κ2) is 6.77. The molecule has 3 nitrogen and oxygen atoms in total. The van der Waals surface area contributed by atoms with Gasteiger partial charge in [0.25, 0.3) is 0 Å². The van der Waals surface area contributed by atoms with Gasteiger partial charge in [-0.2, -0.15) is 0 Å². The summed E-state index contributed by atoms with van der Waals surface area (Å²) in [6.45, 7) is 8.07. The number of amides is 1. The van der Waals surface area contributed by atoms with Crippen LogP contribution in [0.4, 0.5) is 0 Å². The van der Waals surface area contributed by atoms with Gasteiger partial charge in [0, 0.05) is 47.6 Å². The summed E-state index contributed by atoms with van der Waals surface area (Å²) in [6.07, 6.45) is 5.24. The van der Waals surface area contributed by atoms with Crippen LogP contribution in [0.5, 0.6) is 0 Å². The zero-order valence-corrected chi connectivity index (χ0v) is 14.6. The van der Waals surface area contributed by atoms with E-state index in [0.29, 0.717) is 5.91 Å². The molecule has 23 heavy (non-hydrogen) atoms. The Morgan fingerprint density at radius 1 is 1.35 bits per heavy atom. The topological polar surface area (TPSA) is 36.1 Å². The zero-order valence-electron chi connectivity index (χ0n) is 14.6. The van der Waals surface area contributed by atoms with Crippen molar-refractivity contribution in [1.82, 2.24) is 9.88 Å². The summed E-state index contributed by atoms with van der Waals surface area (Å²) >= 11 is 0. The minimum Gasteiger partial charge on any atom is -0.358 e. The van der Waals surface area contributed by atoms with Gasteiger partial charge < -0.3 is 9.88 Å². The number of carbonyl (C=O) groups excluding carboxylic acids is 1. The highest BCUT2D eigenvalue weighted by Gasteiger charge is 2.27. The first-order chi connectivity index (χ1) is 11.1. The Hall–Kier alpha value is -1.77. The van der Waals surface area contributed by atoms with E-state index in [9.17, 15) is 4.79 Å². The second-order valence-corrected chi connectivity index (χ2v) is 6.89. The zero-order chi connectivity index (χ0) is 16.4. The van der Waals surface area contributed by atoms with E-state index in [1.807, 2.05) is 0 Å². The molecule has 1 atom stereocenters. The lowest BCUT2D eigenvalue weighted by molar-refractivity contribution is -0.136. The van der Waals surface area contributed by atoms with E-state index in [-0.39, 0.29) is 5.92 Å². The van der Waals surface area contributed by atoms with E-state index < -0.39 is 0 Å². The number of nitrogens with zero attached hydrogens (tertiary/aromatic N) is 1. The Morgan fingerprint density at radius 2 is 2.17 bits per heavy atom. The van der Waals surface area contributed by atoms with E-state index in [4.69, 9.17) is 0 Å². The highest BCUT2D eigenvalue weighted by atomic mass is 16.2. The fourth-order valence-corrected chi connectivity index (χ4v) is 3.73. The third-order valence-corrected chi connectivity index (χ3v) is 5.19. The summed E-state index contributed by atoms with van der Waals surface area (Å²) in [5.41, 5.74) is 5.12. The van der Waals surface area contributed by atoms with Crippen molar-refractivity contribution in [3.8, 4) is 0 Å². The maximum absolute atomic E-state index is 12.9. The van der Waals surface area contributed by atoms with Crippen LogP contribution in [-0.4, -0.2) is 22.3 Å². The van der Waals surface area contributed by atoms with Crippen molar-refractivity contribution >= 4 is 16.8 Å². The molecule has 124 valence electrons. The van der Waals surface area contributed by atoms with E-state index in [1.54, 1.807) is 0 Å². The molecule has 1 aliphatic heterocycles. The summed E-state index contributed by atoms with van der Waals surface area (Å²) in [5.74, 6) is 0.553. The Balaban J connectivity index is 1.82. The number of hydrogen-bond acceptors (Lipinski definition) is 1. The highest BCUT2D eigenvalue weighted by molar-refractivity contribution is 5.87. The van der Waals surface area contributed by atoms with Crippen LogP contribution in [0.25, 0.3) is 10.9 Å².